The van der Waals surface area contributed by atoms with Crippen molar-refractivity contribution in [1.82, 2.24) is 14.5 Å². The molecule has 0 aliphatic heterocycles. The highest BCUT2D eigenvalue weighted by molar-refractivity contribution is 6.33. The maximum absolute atomic E-state index is 11.8. The number of fused-ring (bicyclic) bond motifs is 1. The van der Waals surface area contributed by atoms with Crippen molar-refractivity contribution in [1.29, 1.82) is 0 Å². The second kappa shape index (κ2) is 6.82. The second-order valence-corrected chi connectivity index (χ2v) is 5.51. The van der Waals surface area contributed by atoms with Crippen molar-refractivity contribution < 1.29 is 0 Å². The number of nitrogens with zero attached hydrogens (tertiary/aromatic N) is 3. The number of halogens is 1. The molecule has 0 unspecified atom stereocenters. The number of hydrazine groups is 1. The molecule has 0 radical (unpaired) electrons. The van der Waals surface area contributed by atoms with Gasteiger partial charge in [0.05, 0.1) is 5.02 Å². The number of nitrogens with two attached hydrogens (primary N) is 1. The summed E-state index contributed by atoms with van der Waals surface area (Å²) in [6.07, 6.45) is 0. The van der Waals surface area contributed by atoms with Gasteiger partial charge in [0.25, 0.3) is 0 Å². The van der Waals surface area contributed by atoms with Gasteiger partial charge in [-0.25, -0.2) is 10.6 Å². The Labute approximate surface area is 143 Å². The van der Waals surface area contributed by atoms with Crippen LogP contribution in [0.2, 0.25) is 5.02 Å². The van der Waals surface area contributed by atoms with Crippen LogP contribution < -0.4 is 17.0 Å². The van der Waals surface area contributed by atoms with Gasteiger partial charge < -0.3 is 0 Å². The first-order valence-corrected chi connectivity index (χ1v) is 7.82. The number of hydrogen-bond donors (Lipinski definition) is 2. The number of nitrogen functional groups attached to an aromatic ring is 1. The molecule has 0 amide bonds. The van der Waals surface area contributed by atoms with E-state index >= 15 is 0 Å². The Morgan fingerprint density at radius 2 is 1.71 bits per heavy atom. The molecule has 0 atom stereocenters. The van der Waals surface area contributed by atoms with E-state index in [0.29, 0.717) is 23.0 Å². The first kappa shape index (κ1) is 16.2. The van der Waals surface area contributed by atoms with Crippen LogP contribution in [0.1, 0.15) is 6.92 Å². The average Bonchev–Trinajstić information content (AvgIpc) is 2.58. The van der Waals surface area contributed by atoms with E-state index in [9.17, 15) is 4.79 Å². The van der Waals surface area contributed by atoms with Crippen LogP contribution in [0.5, 0.6) is 0 Å². The Kier molecular flexibility index (Phi) is 4.59. The summed E-state index contributed by atoms with van der Waals surface area (Å²) in [4.78, 5) is 19.7. The molecule has 2 aliphatic carbocycles. The van der Waals surface area contributed by atoms with Gasteiger partial charge in [-0.05, 0) is 30.2 Å². The summed E-state index contributed by atoms with van der Waals surface area (Å²) >= 11 is 6.11. The van der Waals surface area contributed by atoms with Crippen LogP contribution in [0.15, 0.2) is 53.3 Å². The Morgan fingerprint density at radius 3 is 2.17 bits per heavy atom. The maximum atomic E-state index is 11.8. The molecule has 2 aliphatic rings. The molecule has 0 fully saturated rings. The van der Waals surface area contributed by atoms with Gasteiger partial charge in [0.1, 0.15) is 5.82 Å². The third kappa shape index (κ3) is 3.02. The van der Waals surface area contributed by atoms with Gasteiger partial charge >= 0.3 is 5.69 Å². The van der Waals surface area contributed by atoms with Gasteiger partial charge in [-0.1, -0.05) is 48.0 Å². The molecule has 7 heteroatoms. The van der Waals surface area contributed by atoms with Gasteiger partial charge in [-0.3, -0.25) is 9.99 Å². The van der Waals surface area contributed by atoms with Gasteiger partial charge in [0.15, 0.2) is 0 Å². The van der Waals surface area contributed by atoms with Crippen LogP contribution in [0.4, 0.5) is 5.95 Å². The second-order valence-electron chi connectivity index (χ2n) is 5.10. The highest BCUT2D eigenvalue weighted by Gasteiger charge is 2.12. The van der Waals surface area contributed by atoms with Crippen LogP contribution in [-0.4, -0.2) is 14.5 Å². The fourth-order valence-corrected chi connectivity index (χ4v) is 2.51. The topological polar surface area (TPSA) is 85.8 Å². The molecular weight excluding hydrogens is 326 g/mol. The third-order valence-electron chi connectivity index (χ3n) is 3.68. The average molecular weight is 342 g/mol. The number of hydrogen-bond acceptors (Lipinski definition) is 5. The lowest BCUT2D eigenvalue weighted by Crippen LogP contribution is -2.28. The quantitative estimate of drug-likeness (QED) is 0.442. The van der Waals surface area contributed by atoms with Crippen molar-refractivity contribution in [2.45, 2.75) is 13.5 Å². The molecule has 1 aromatic heterocycles. The molecule has 3 N–H and O–H groups in total. The molecule has 6 nitrogen and oxygen atoms in total. The van der Waals surface area contributed by atoms with Crippen LogP contribution in [0, 0.1) is 0 Å². The molecule has 2 aromatic rings. The molecule has 0 bridgehead atoms. The number of aromatic nitrogens is 3. The van der Waals surface area contributed by atoms with Gasteiger partial charge in [0, 0.05) is 12.1 Å². The highest BCUT2D eigenvalue weighted by atomic mass is 35.5. The van der Waals surface area contributed by atoms with Crippen LogP contribution in [-0.2, 0) is 6.54 Å². The van der Waals surface area contributed by atoms with Crippen LogP contribution in [0.3, 0.4) is 0 Å². The summed E-state index contributed by atoms with van der Waals surface area (Å²) in [6.45, 7) is 2.28. The van der Waals surface area contributed by atoms with E-state index in [-0.39, 0.29) is 5.95 Å². The summed E-state index contributed by atoms with van der Waals surface area (Å²) in [5, 5.41) is 0.515. The predicted molar refractivity (Wildman–Crippen MR) is 95.7 cm³/mol. The first-order chi connectivity index (χ1) is 11.6. The third-order valence-corrected chi connectivity index (χ3v) is 4.01. The summed E-state index contributed by atoms with van der Waals surface area (Å²) in [7, 11) is 0. The zero-order valence-corrected chi connectivity index (χ0v) is 13.8. The number of nitrogens with one attached hydrogen (secondary N) is 1. The van der Waals surface area contributed by atoms with E-state index in [2.05, 4.69) is 39.7 Å². The minimum atomic E-state index is -0.421. The molecule has 122 valence electrons. The van der Waals surface area contributed by atoms with Crippen molar-refractivity contribution in [3.63, 3.8) is 0 Å². The minimum Gasteiger partial charge on any atom is -0.292 e. The van der Waals surface area contributed by atoms with Crippen molar-refractivity contribution in [3.05, 3.63) is 64.0 Å². The van der Waals surface area contributed by atoms with Gasteiger partial charge in [0.2, 0.25) is 5.95 Å². The normalized spacial score (nSPS) is 10.6. The maximum Gasteiger partial charge on any atom is 0.352 e. The zero-order valence-electron chi connectivity index (χ0n) is 13.0. The summed E-state index contributed by atoms with van der Waals surface area (Å²) in [6, 6.07) is 15.6. The van der Waals surface area contributed by atoms with E-state index in [1.165, 1.54) is 15.7 Å². The SMILES string of the molecule is CCn1c(-c2ccccc2Cl)nc(NN)nc1=O.c1cc2ccc1-2. The predicted octanol–water partition coefficient (Wildman–Crippen LogP) is 2.93. The monoisotopic (exact) mass is 341 g/mol. The molecular formula is C17H16ClN5O. The van der Waals surface area contributed by atoms with E-state index in [1.807, 2.05) is 19.1 Å². The standard InChI is InChI=1S/C11H12ClN5O.C6H4/c1-2-17-9(7-5-3-4-6-8(7)12)14-10(16-13)15-11(17)18;1-2-6-4-3-5(1)6/h3-6H,2,13H2,1H3,(H,15,16,18);1-4H. The number of anilines is 1. The van der Waals surface area contributed by atoms with Crippen LogP contribution >= 0.6 is 11.6 Å². The number of benzene rings is 2. The summed E-state index contributed by atoms with van der Waals surface area (Å²) in [5.41, 5.74) is 5.36. The van der Waals surface area contributed by atoms with Crippen molar-refractivity contribution in [2.24, 2.45) is 5.84 Å². The zero-order chi connectivity index (χ0) is 17.1. The highest BCUT2D eigenvalue weighted by Crippen LogP contribution is 2.29. The first-order valence-electron chi connectivity index (χ1n) is 7.45. The Morgan fingerprint density at radius 1 is 1.08 bits per heavy atom. The smallest absolute Gasteiger partial charge is 0.292 e. The fraction of sp³-hybridized carbons (Fsp3) is 0.118. The minimum absolute atomic E-state index is 0.0691. The van der Waals surface area contributed by atoms with Crippen molar-refractivity contribution >= 4 is 17.5 Å². The van der Waals surface area contributed by atoms with E-state index < -0.39 is 5.69 Å². The van der Waals surface area contributed by atoms with Gasteiger partial charge in [-0.15, -0.1) is 0 Å². The Balaban J connectivity index is 0.000000231. The van der Waals surface area contributed by atoms with Gasteiger partial charge in [-0.2, -0.15) is 9.97 Å². The van der Waals surface area contributed by atoms with E-state index in [4.69, 9.17) is 17.4 Å². The van der Waals surface area contributed by atoms with Crippen molar-refractivity contribution in [2.75, 3.05) is 5.43 Å². The van der Waals surface area contributed by atoms with E-state index in [0.717, 1.165) is 0 Å². The Hall–Kier alpha value is -2.70. The fourth-order valence-electron chi connectivity index (χ4n) is 2.29. The molecule has 1 aromatic carbocycles. The lowest BCUT2D eigenvalue weighted by Gasteiger charge is -2.11. The summed E-state index contributed by atoms with van der Waals surface area (Å²) in [5.74, 6) is 5.75. The molecule has 4 rings (SSSR count). The molecule has 0 saturated heterocycles. The number of rotatable bonds is 3. The van der Waals surface area contributed by atoms with E-state index in [1.54, 1.807) is 12.1 Å². The van der Waals surface area contributed by atoms with Crippen molar-refractivity contribution in [3.8, 4) is 22.5 Å². The van der Waals surface area contributed by atoms with Crippen LogP contribution in [0.25, 0.3) is 22.5 Å². The largest absolute Gasteiger partial charge is 0.352 e. The molecule has 1 heterocycles. The molecule has 0 spiro atoms. The molecule has 0 saturated carbocycles. The Bertz CT molecular complexity index is 900. The lowest BCUT2D eigenvalue weighted by molar-refractivity contribution is 0.687. The lowest BCUT2D eigenvalue weighted by atomic mass is 9.95. The summed E-state index contributed by atoms with van der Waals surface area (Å²) < 4.78 is 1.43. The molecule has 24 heavy (non-hydrogen) atoms.